The van der Waals surface area contributed by atoms with Gasteiger partial charge in [0.2, 0.25) is 0 Å². The summed E-state index contributed by atoms with van der Waals surface area (Å²) in [6.07, 6.45) is 0. The van der Waals surface area contributed by atoms with Crippen LogP contribution in [0.3, 0.4) is 0 Å². The molecule has 0 bridgehead atoms. The van der Waals surface area contributed by atoms with Gasteiger partial charge >= 0.3 is 5.97 Å². The molecule has 0 unspecified atom stereocenters. The number of ether oxygens (including phenoxy) is 1. The van der Waals surface area contributed by atoms with Gasteiger partial charge in [-0.1, -0.05) is 30.4 Å². The zero-order valence-electron chi connectivity index (χ0n) is 14.6. The highest BCUT2D eigenvalue weighted by molar-refractivity contribution is 7.91. The first-order valence-corrected chi connectivity index (χ1v) is 10.4. The van der Waals surface area contributed by atoms with Crippen LogP contribution in [-0.4, -0.2) is 38.1 Å². The first kappa shape index (κ1) is 19.0. The predicted molar refractivity (Wildman–Crippen MR) is 103 cm³/mol. The van der Waals surface area contributed by atoms with E-state index in [0.29, 0.717) is 20.9 Å². The van der Waals surface area contributed by atoms with E-state index >= 15 is 0 Å². The van der Waals surface area contributed by atoms with E-state index in [1.807, 2.05) is 0 Å². The van der Waals surface area contributed by atoms with Crippen molar-refractivity contribution in [3.05, 3.63) is 53.6 Å². The largest absolute Gasteiger partial charge is 0.465 e. The standard InChI is InChI=1S/C18H16N2O5S2/c1-3-27(23,24)15-7-5-4-6-12(15)16(21)20-18-19-13-9-8-11(17(22)25-2)10-14(13)26-18/h4-10H,3H2,1-2H3,(H,19,20,21). The van der Waals surface area contributed by atoms with Gasteiger partial charge in [0.1, 0.15) is 0 Å². The average molecular weight is 404 g/mol. The Morgan fingerprint density at radius 1 is 1.19 bits per heavy atom. The molecule has 27 heavy (non-hydrogen) atoms. The van der Waals surface area contributed by atoms with Gasteiger partial charge in [-0.05, 0) is 30.3 Å². The highest BCUT2D eigenvalue weighted by Gasteiger charge is 2.21. The van der Waals surface area contributed by atoms with E-state index in [2.05, 4.69) is 15.0 Å². The molecule has 0 saturated heterocycles. The minimum atomic E-state index is -3.54. The van der Waals surface area contributed by atoms with E-state index in [-0.39, 0.29) is 16.2 Å². The molecule has 1 heterocycles. The molecular formula is C18H16N2O5S2. The summed E-state index contributed by atoms with van der Waals surface area (Å²) >= 11 is 1.18. The number of sulfone groups is 1. The first-order chi connectivity index (χ1) is 12.9. The quantitative estimate of drug-likeness (QED) is 0.656. The summed E-state index contributed by atoms with van der Waals surface area (Å²) in [7, 11) is -2.24. The third-order valence-corrected chi connectivity index (χ3v) is 6.60. The molecule has 140 valence electrons. The molecule has 7 nitrogen and oxygen atoms in total. The van der Waals surface area contributed by atoms with Crippen LogP contribution in [0.15, 0.2) is 47.4 Å². The second kappa shape index (κ2) is 7.45. The van der Waals surface area contributed by atoms with Crippen LogP contribution in [0, 0.1) is 0 Å². The Bertz CT molecular complexity index is 1140. The van der Waals surface area contributed by atoms with Crippen LogP contribution in [-0.2, 0) is 14.6 Å². The lowest BCUT2D eigenvalue weighted by Crippen LogP contribution is -2.17. The fourth-order valence-corrected chi connectivity index (χ4v) is 4.46. The van der Waals surface area contributed by atoms with Crippen molar-refractivity contribution in [3.63, 3.8) is 0 Å². The molecule has 0 aliphatic rings. The number of fused-ring (bicyclic) bond motifs is 1. The monoisotopic (exact) mass is 404 g/mol. The molecule has 0 fully saturated rings. The Hall–Kier alpha value is -2.78. The number of anilines is 1. The van der Waals surface area contributed by atoms with Crippen LogP contribution in [0.5, 0.6) is 0 Å². The van der Waals surface area contributed by atoms with Gasteiger partial charge in [0.25, 0.3) is 5.91 Å². The Kier molecular flexibility index (Phi) is 5.24. The third kappa shape index (κ3) is 3.83. The van der Waals surface area contributed by atoms with E-state index in [4.69, 9.17) is 0 Å². The molecule has 3 rings (SSSR count). The molecule has 3 aromatic rings. The van der Waals surface area contributed by atoms with Crippen LogP contribution in [0.2, 0.25) is 0 Å². The summed E-state index contributed by atoms with van der Waals surface area (Å²) < 4.78 is 29.8. The molecule has 0 atom stereocenters. The van der Waals surface area contributed by atoms with Crippen molar-refractivity contribution in [2.45, 2.75) is 11.8 Å². The van der Waals surface area contributed by atoms with Crippen molar-refractivity contribution in [3.8, 4) is 0 Å². The number of thiazole rings is 1. The van der Waals surface area contributed by atoms with Crippen molar-refractivity contribution in [2.75, 3.05) is 18.2 Å². The SMILES string of the molecule is CCS(=O)(=O)c1ccccc1C(=O)Nc1nc2ccc(C(=O)OC)cc2s1. The summed E-state index contributed by atoms with van der Waals surface area (Å²) in [5.41, 5.74) is 1.05. The maximum absolute atomic E-state index is 12.6. The highest BCUT2D eigenvalue weighted by Crippen LogP contribution is 2.28. The zero-order valence-corrected chi connectivity index (χ0v) is 16.2. The lowest BCUT2D eigenvalue weighted by Gasteiger charge is -2.08. The number of nitrogens with zero attached hydrogens (tertiary/aromatic N) is 1. The second-order valence-corrected chi connectivity index (χ2v) is 8.82. The molecular weight excluding hydrogens is 388 g/mol. The summed E-state index contributed by atoms with van der Waals surface area (Å²) in [6.45, 7) is 1.52. The molecule has 1 amide bonds. The molecule has 0 saturated carbocycles. The van der Waals surface area contributed by atoms with Gasteiger partial charge in [-0.25, -0.2) is 18.2 Å². The Morgan fingerprint density at radius 2 is 1.93 bits per heavy atom. The lowest BCUT2D eigenvalue weighted by molar-refractivity contribution is 0.0601. The topological polar surface area (TPSA) is 102 Å². The molecule has 0 aliphatic heterocycles. The molecule has 2 aromatic carbocycles. The van der Waals surface area contributed by atoms with E-state index in [0.717, 1.165) is 0 Å². The average Bonchev–Trinajstić information content (AvgIpc) is 3.08. The van der Waals surface area contributed by atoms with Crippen LogP contribution in [0.25, 0.3) is 10.2 Å². The number of amides is 1. The summed E-state index contributed by atoms with van der Waals surface area (Å²) in [5.74, 6) is -1.13. The maximum Gasteiger partial charge on any atom is 0.337 e. The number of aromatic nitrogens is 1. The Balaban J connectivity index is 1.92. The number of methoxy groups -OCH3 is 1. The number of hydrogen-bond acceptors (Lipinski definition) is 7. The minimum absolute atomic E-state index is 0.0147. The van der Waals surface area contributed by atoms with Gasteiger partial charge in [0, 0.05) is 0 Å². The molecule has 1 aromatic heterocycles. The van der Waals surface area contributed by atoms with Gasteiger partial charge in [-0.3, -0.25) is 10.1 Å². The number of benzene rings is 2. The van der Waals surface area contributed by atoms with Gasteiger partial charge in [-0.2, -0.15) is 0 Å². The molecule has 9 heteroatoms. The van der Waals surface area contributed by atoms with Gasteiger partial charge in [-0.15, -0.1) is 0 Å². The molecule has 0 radical (unpaired) electrons. The van der Waals surface area contributed by atoms with Crippen molar-refractivity contribution >= 4 is 48.4 Å². The maximum atomic E-state index is 12.6. The number of nitrogens with one attached hydrogen (secondary N) is 1. The molecule has 1 N–H and O–H groups in total. The van der Waals surface area contributed by atoms with Crippen LogP contribution >= 0.6 is 11.3 Å². The molecule has 0 spiro atoms. The number of carbonyl (C=O) groups excluding carboxylic acids is 2. The van der Waals surface area contributed by atoms with Gasteiger partial charge in [0.05, 0.1) is 39.1 Å². The molecule has 0 aliphatic carbocycles. The number of hydrogen-bond donors (Lipinski definition) is 1. The number of esters is 1. The zero-order chi connectivity index (χ0) is 19.6. The fraction of sp³-hybridized carbons (Fsp3) is 0.167. The highest BCUT2D eigenvalue weighted by atomic mass is 32.2. The third-order valence-electron chi connectivity index (χ3n) is 3.88. The normalized spacial score (nSPS) is 11.3. The fourth-order valence-electron chi connectivity index (χ4n) is 2.47. The van der Waals surface area contributed by atoms with Crippen molar-refractivity contribution in [1.29, 1.82) is 0 Å². The van der Waals surface area contributed by atoms with Crippen molar-refractivity contribution < 1.29 is 22.7 Å². The number of rotatable bonds is 5. The van der Waals surface area contributed by atoms with Crippen molar-refractivity contribution in [2.24, 2.45) is 0 Å². The summed E-state index contributed by atoms with van der Waals surface area (Å²) in [5, 5.41) is 2.94. The summed E-state index contributed by atoms with van der Waals surface area (Å²) in [4.78, 5) is 28.5. The minimum Gasteiger partial charge on any atom is -0.465 e. The first-order valence-electron chi connectivity index (χ1n) is 7.97. The van der Waals surface area contributed by atoms with Crippen LogP contribution in [0.4, 0.5) is 5.13 Å². The van der Waals surface area contributed by atoms with E-state index in [1.165, 1.54) is 37.5 Å². The Labute approximate surface area is 159 Å². The van der Waals surface area contributed by atoms with Crippen LogP contribution < -0.4 is 5.32 Å². The predicted octanol–water partition coefficient (Wildman–Crippen LogP) is 3.13. The summed E-state index contributed by atoms with van der Waals surface area (Å²) in [6, 6.07) is 10.9. The second-order valence-electron chi connectivity index (χ2n) is 5.55. The number of carbonyl (C=O) groups is 2. The van der Waals surface area contributed by atoms with E-state index in [9.17, 15) is 18.0 Å². The van der Waals surface area contributed by atoms with E-state index in [1.54, 1.807) is 30.3 Å². The van der Waals surface area contributed by atoms with Crippen LogP contribution in [0.1, 0.15) is 27.6 Å². The van der Waals surface area contributed by atoms with Crippen molar-refractivity contribution in [1.82, 2.24) is 4.98 Å². The smallest absolute Gasteiger partial charge is 0.337 e. The lowest BCUT2D eigenvalue weighted by atomic mass is 10.2. The van der Waals surface area contributed by atoms with E-state index < -0.39 is 21.7 Å². The van der Waals surface area contributed by atoms with Gasteiger partial charge < -0.3 is 4.74 Å². The Morgan fingerprint density at radius 3 is 2.63 bits per heavy atom. The van der Waals surface area contributed by atoms with Gasteiger partial charge in [0.15, 0.2) is 15.0 Å².